The first-order valence-corrected chi connectivity index (χ1v) is 15.8. The summed E-state index contributed by atoms with van der Waals surface area (Å²) in [6.07, 6.45) is 4.91. The van der Waals surface area contributed by atoms with E-state index >= 15 is 0 Å². The molecule has 0 spiro atoms. The first-order chi connectivity index (χ1) is 22.9. The Kier molecular flexibility index (Phi) is 13.7. The van der Waals surface area contributed by atoms with Crippen LogP contribution < -0.4 is 31.9 Å². The number of anilines is 4. The minimum absolute atomic E-state index is 0. The number of alkyl halides is 2. The lowest BCUT2D eigenvalue weighted by Gasteiger charge is -2.22. The maximum Gasteiger partial charge on any atom is 0.291 e. The molecule has 0 atom stereocenters. The third-order valence-electron chi connectivity index (χ3n) is 7.20. The van der Waals surface area contributed by atoms with Crippen LogP contribution in [0.2, 0.25) is 0 Å². The molecular weight excluding hydrogens is 697 g/mol. The number of hydrogen-bond donors (Lipinski definition) is 6. The molecule has 1 aromatic carbocycles. The molecule has 0 aliphatic rings. The highest BCUT2D eigenvalue weighted by atomic mass is 35.5. The van der Waals surface area contributed by atoms with Crippen LogP contribution in [0.4, 0.5) is 22.9 Å². The molecule has 0 aliphatic carbocycles. The molecule has 3 aromatic heterocycles. The van der Waals surface area contributed by atoms with Crippen LogP contribution >= 0.6 is 35.6 Å². The zero-order chi connectivity index (χ0) is 35.0. The minimum Gasteiger partial charge on any atom is -0.388 e. The molecule has 7 N–H and O–H groups in total. The van der Waals surface area contributed by atoms with Crippen LogP contribution in [0.5, 0.6) is 0 Å². The van der Waals surface area contributed by atoms with E-state index < -0.39 is 17.7 Å². The summed E-state index contributed by atoms with van der Waals surface area (Å²) >= 11 is 11.8. The van der Waals surface area contributed by atoms with Gasteiger partial charge in [0, 0.05) is 88.8 Å². The number of nitrogens with two attached hydrogens (primary N) is 1. The van der Waals surface area contributed by atoms with Gasteiger partial charge in [0.25, 0.3) is 23.6 Å². The van der Waals surface area contributed by atoms with Crippen LogP contribution in [-0.4, -0.2) is 79.5 Å². The fraction of sp³-hybridized carbons (Fsp3) is 0.290. The average molecular weight is 735 g/mol. The van der Waals surface area contributed by atoms with Gasteiger partial charge < -0.3 is 45.6 Å². The largest absolute Gasteiger partial charge is 0.388 e. The van der Waals surface area contributed by atoms with Gasteiger partial charge in [0.05, 0.1) is 17.2 Å². The number of amides is 4. The second-order valence-electron chi connectivity index (χ2n) is 10.8. The van der Waals surface area contributed by atoms with Gasteiger partial charge in [-0.2, -0.15) is 0 Å². The monoisotopic (exact) mass is 733 g/mol. The number of halogens is 3. The van der Waals surface area contributed by atoms with Crippen molar-refractivity contribution in [1.82, 2.24) is 24.0 Å². The highest BCUT2D eigenvalue weighted by Gasteiger charge is 2.20. The predicted octanol–water partition coefficient (Wildman–Crippen LogP) is 3.62. The summed E-state index contributed by atoms with van der Waals surface area (Å²) in [6.45, 7) is 1.46. The van der Waals surface area contributed by atoms with E-state index in [1.54, 1.807) is 54.8 Å². The number of nitrogens with zero attached hydrogens (tertiary/aromatic N) is 5. The molecule has 3 heterocycles. The van der Waals surface area contributed by atoms with E-state index in [4.69, 9.17) is 34.3 Å². The number of nitrogens with one attached hydrogen (secondary N) is 5. The van der Waals surface area contributed by atoms with E-state index in [0.29, 0.717) is 47.5 Å². The Labute approximate surface area is 299 Å². The highest BCUT2D eigenvalue weighted by molar-refractivity contribution is 6.18. The average Bonchev–Trinajstić information content (AvgIpc) is 3.71. The lowest BCUT2D eigenvalue weighted by Crippen LogP contribution is -2.28. The Bertz CT molecular complexity index is 1810. The van der Waals surface area contributed by atoms with Crippen molar-refractivity contribution in [3.8, 4) is 0 Å². The van der Waals surface area contributed by atoms with Crippen LogP contribution in [0.3, 0.4) is 0 Å². The fourth-order valence-electron chi connectivity index (χ4n) is 4.82. The van der Waals surface area contributed by atoms with Crippen LogP contribution in [-0.2, 0) is 21.1 Å². The molecule has 4 amide bonds. The normalized spacial score (nSPS) is 10.6. The number of carbonyl (C=O) groups excluding carboxylic acids is 4. The van der Waals surface area contributed by atoms with Crippen molar-refractivity contribution in [2.24, 2.45) is 26.9 Å². The van der Waals surface area contributed by atoms with Gasteiger partial charge in [-0.15, -0.1) is 35.6 Å². The van der Waals surface area contributed by atoms with E-state index in [9.17, 15) is 19.2 Å². The van der Waals surface area contributed by atoms with Crippen molar-refractivity contribution in [2.75, 3.05) is 52.2 Å². The van der Waals surface area contributed by atoms with Gasteiger partial charge >= 0.3 is 0 Å². The van der Waals surface area contributed by atoms with Crippen LogP contribution in [0, 0.1) is 5.41 Å². The van der Waals surface area contributed by atoms with Gasteiger partial charge in [-0.05, 0) is 36.4 Å². The lowest BCUT2D eigenvalue weighted by molar-refractivity contribution is 0.0944. The molecule has 4 aromatic rings. The number of imidazole rings is 1. The molecule has 18 heteroatoms. The van der Waals surface area contributed by atoms with Gasteiger partial charge in [-0.25, -0.2) is 4.98 Å². The molecule has 262 valence electrons. The summed E-state index contributed by atoms with van der Waals surface area (Å²) in [5.74, 6) is -0.715. The summed E-state index contributed by atoms with van der Waals surface area (Å²) in [6, 6.07) is 10.0. The van der Waals surface area contributed by atoms with Gasteiger partial charge in [0.1, 0.15) is 11.4 Å². The molecule has 0 unspecified atom stereocenters. The van der Waals surface area contributed by atoms with E-state index in [1.165, 1.54) is 22.9 Å². The molecule has 49 heavy (non-hydrogen) atoms. The predicted molar refractivity (Wildman–Crippen MR) is 194 cm³/mol. The Hall–Kier alpha value is -4.99. The van der Waals surface area contributed by atoms with Crippen LogP contribution in [0.1, 0.15) is 48.4 Å². The number of carbonyl (C=O) groups is 4. The zero-order valence-electron chi connectivity index (χ0n) is 27.0. The Morgan fingerprint density at radius 1 is 0.796 bits per heavy atom. The number of amidine groups is 1. The number of aromatic nitrogens is 4. The van der Waals surface area contributed by atoms with Crippen molar-refractivity contribution in [1.29, 1.82) is 5.41 Å². The second kappa shape index (κ2) is 17.4. The summed E-state index contributed by atoms with van der Waals surface area (Å²) in [5, 5.41) is 18.1. The molecule has 0 fully saturated rings. The third kappa shape index (κ3) is 10.0. The number of aryl methyl sites for hydroxylation is 3. The molecule has 0 radical (unpaired) electrons. The first-order valence-electron chi connectivity index (χ1n) is 14.8. The Balaban J connectivity index is 0.00000650. The van der Waals surface area contributed by atoms with Gasteiger partial charge in [0.2, 0.25) is 5.82 Å². The maximum absolute atomic E-state index is 13.1. The Morgan fingerprint density at radius 2 is 1.35 bits per heavy atom. The minimum atomic E-state index is -0.554. The zero-order valence-corrected chi connectivity index (χ0v) is 29.4. The molecule has 0 aliphatic heterocycles. The SMILES string of the molecule is Cl.Cn1cc(NC(=O)c2cc(NC(=O)c3nc(NC(=O)c4ccc(N(CCCl)CCCl)cc4)cn3C)cn2C)cc1C(=O)NCCC(=N)N. The summed E-state index contributed by atoms with van der Waals surface area (Å²) in [7, 11) is 4.94. The van der Waals surface area contributed by atoms with E-state index in [2.05, 4.69) is 26.3 Å². The van der Waals surface area contributed by atoms with Crippen molar-refractivity contribution >= 4 is 88.0 Å². The van der Waals surface area contributed by atoms with E-state index in [-0.39, 0.29) is 54.5 Å². The Morgan fingerprint density at radius 3 is 1.90 bits per heavy atom. The number of benzene rings is 1. The number of rotatable bonds is 15. The topological polar surface area (TPSA) is 197 Å². The van der Waals surface area contributed by atoms with Crippen molar-refractivity contribution < 1.29 is 19.2 Å². The summed E-state index contributed by atoms with van der Waals surface area (Å²) in [5.41, 5.74) is 7.91. The van der Waals surface area contributed by atoms with E-state index in [1.807, 2.05) is 17.0 Å². The molecule has 4 rings (SSSR count). The van der Waals surface area contributed by atoms with Crippen LogP contribution in [0.15, 0.2) is 55.0 Å². The standard InChI is InChI=1S/C31H37Cl2N11O4.ClH/c1-41-16-20(14-23(41)29(46)36-11-8-25(34)35)37-30(47)24-15-21(17-42(24)2)38-31(48)27-39-26(18-43(27)3)40-28(45)19-4-6-22(7-5-19)44(12-9-32)13-10-33;/h4-7,14-18H,8-13H2,1-3H3,(H3,34,35)(H,36,46)(H,37,47)(H,38,48)(H,40,45);1H. The van der Waals surface area contributed by atoms with Crippen LogP contribution in [0.25, 0.3) is 0 Å². The van der Waals surface area contributed by atoms with Gasteiger partial charge in [-0.1, -0.05) is 0 Å². The first kappa shape index (κ1) is 38.5. The van der Waals surface area contributed by atoms with Crippen molar-refractivity contribution in [2.45, 2.75) is 6.42 Å². The fourth-order valence-corrected chi connectivity index (χ4v) is 5.23. The van der Waals surface area contributed by atoms with E-state index in [0.717, 1.165) is 5.69 Å². The summed E-state index contributed by atoms with van der Waals surface area (Å²) in [4.78, 5) is 57.8. The molecule has 0 saturated carbocycles. The molecule has 15 nitrogen and oxygen atoms in total. The highest BCUT2D eigenvalue weighted by Crippen LogP contribution is 2.20. The quantitative estimate of drug-likeness (QED) is 0.0609. The molecule has 0 bridgehead atoms. The molecule has 0 saturated heterocycles. The third-order valence-corrected chi connectivity index (χ3v) is 7.53. The van der Waals surface area contributed by atoms with Gasteiger partial charge in [-0.3, -0.25) is 24.6 Å². The van der Waals surface area contributed by atoms with Crippen molar-refractivity contribution in [3.63, 3.8) is 0 Å². The summed E-state index contributed by atoms with van der Waals surface area (Å²) < 4.78 is 4.59. The number of hydrogen-bond acceptors (Lipinski definition) is 7. The van der Waals surface area contributed by atoms with Crippen molar-refractivity contribution in [3.05, 3.63) is 77.8 Å². The second-order valence-corrected chi connectivity index (χ2v) is 11.6. The maximum atomic E-state index is 13.1. The van der Waals surface area contributed by atoms with Gasteiger partial charge in [0.15, 0.2) is 5.82 Å². The lowest BCUT2D eigenvalue weighted by atomic mass is 10.2. The molecular formula is C31H38Cl3N11O4. The smallest absolute Gasteiger partial charge is 0.291 e.